The number of aldehydes is 1. The van der Waals surface area contributed by atoms with Crippen molar-refractivity contribution in [1.29, 1.82) is 0 Å². The molecule has 0 amide bonds. The van der Waals surface area contributed by atoms with E-state index in [1.165, 1.54) is 0 Å². The van der Waals surface area contributed by atoms with E-state index in [-0.39, 0.29) is 0 Å². The van der Waals surface area contributed by atoms with Crippen LogP contribution in [0.5, 0.6) is 0 Å². The smallest absolute Gasteiger partial charge is 0.150 e. The fraction of sp³-hybridized carbons (Fsp3) is 0. The van der Waals surface area contributed by atoms with Gasteiger partial charge in [-0.15, -0.1) is 5.73 Å². The second kappa shape index (κ2) is 5.57. The lowest BCUT2D eigenvalue weighted by atomic mass is 9.99. The van der Waals surface area contributed by atoms with E-state index in [0.717, 1.165) is 39.7 Å². The van der Waals surface area contributed by atoms with Gasteiger partial charge in [0.25, 0.3) is 0 Å². The largest absolute Gasteiger partial charge is 0.298 e. The molecule has 0 aliphatic heterocycles. The molecule has 1 nitrogen and oxygen atoms in total. The molecule has 2 aliphatic rings. The molecule has 2 aromatic rings. The normalized spacial score (nSPS) is 14.3. The molecule has 0 saturated carbocycles. The highest BCUT2D eigenvalue weighted by atomic mass is 16.1. The third kappa shape index (κ3) is 2.24. The van der Waals surface area contributed by atoms with Gasteiger partial charge in [-0.1, -0.05) is 66.8 Å². The number of rotatable bonds is 1. The van der Waals surface area contributed by atoms with E-state index >= 15 is 0 Å². The lowest BCUT2D eigenvalue weighted by Crippen LogP contribution is -1.89. The van der Waals surface area contributed by atoms with Crippen molar-refractivity contribution in [3.05, 3.63) is 107 Å². The molecule has 0 atom stereocenters. The van der Waals surface area contributed by atoms with Crippen LogP contribution in [0.25, 0.3) is 16.7 Å². The van der Waals surface area contributed by atoms with Gasteiger partial charge in [0.15, 0.2) is 6.29 Å². The second-order valence-electron chi connectivity index (χ2n) is 5.49. The Morgan fingerprint density at radius 3 is 2.17 bits per heavy atom. The second-order valence-corrected chi connectivity index (χ2v) is 5.49. The van der Waals surface area contributed by atoms with Crippen LogP contribution in [0, 0.1) is 0 Å². The first-order chi connectivity index (χ1) is 11.4. The molecular weight excluding hydrogens is 280 g/mol. The van der Waals surface area contributed by atoms with Crippen molar-refractivity contribution in [3.8, 4) is 11.1 Å². The third-order valence-electron chi connectivity index (χ3n) is 4.11. The van der Waals surface area contributed by atoms with Gasteiger partial charge >= 0.3 is 0 Å². The molecule has 108 valence electrons. The summed E-state index contributed by atoms with van der Waals surface area (Å²) in [4.78, 5) is 11.5. The van der Waals surface area contributed by atoms with Crippen molar-refractivity contribution in [2.24, 2.45) is 0 Å². The van der Waals surface area contributed by atoms with E-state index in [9.17, 15) is 4.79 Å². The van der Waals surface area contributed by atoms with Gasteiger partial charge in [-0.05, 0) is 28.8 Å². The van der Waals surface area contributed by atoms with E-state index in [0.29, 0.717) is 5.56 Å². The zero-order valence-corrected chi connectivity index (χ0v) is 12.5. The zero-order valence-electron chi connectivity index (χ0n) is 12.5. The van der Waals surface area contributed by atoms with Gasteiger partial charge in [0.2, 0.25) is 0 Å². The Labute approximate surface area is 135 Å². The fourth-order valence-corrected chi connectivity index (χ4v) is 3.10. The standard InChI is InChI=1S/C22H14O/c23-15-17-10-7-13-20-18-11-5-6-12-19(18)21(22(17)20)14-16-8-3-1-2-4-9-16/h1-13,15H. The Morgan fingerprint density at radius 1 is 0.739 bits per heavy atom. The molecule has 0 heterocycles. The quantitative estimate of drug-likeness (QED) is 0.450. The lowest BCUT2D eigenvalue weighted by molar-refractivity contribution is 0.112. The topological polar surface area (TPSA) is 17.1 Å². The molecule has 0 spiro atoms. The Bertz CT molecular complexity index is 943. The molecule has 1 heteroatoms. The maximum atomic E-state index is 11.5. The molecular formula is C22H14O. The number of carbonyl (C=O) groups excluding carboxylic acids is 1. The Kier molecular flexibility index (Phi) is 3.27. The third-order valence-corrected chi connectivity index (χ3v) is 4.11. The van der Waals surface area contributed by atoms with Crippen LogP contribution in [0.2, 0.25) is 0 Å². The van der Waals surface area contributed by atoms with Gasteiger partial charge in [-0.3, -0.25) is 4.79 Å². The SMILES string of the molecule is O=Cc1cccc2c1C(=C=C1C=CC=CC=C1)c1ccccc1-2. The average molecular weight is 294 g/mol. The number of hydrogen-bond acceptors (Lipinski definition) is 1. The van der Waals surface area contributed by atoms with E-state index < -0.39 is 0 Å². The Balaban J connectivity index is 2.09. The number of hydrogen-bond donors (Lipinski definition) is 0. The molecule has 23 heavy (non-hydrogen) atoms. The fourth-order valence-electron chi connectivity index (χ4n) is 3.10. The minimum atomic E-state index is 0.710. The number of fused-ring (bicyclic) bond motifs is 3. The average Bonchev–Trinajstić information content (AvgIpc) is 2.75. The van der Waals surface area contributed by atoms with Crippen molar-refractivity contribution in [2.75, 3.05) is 0 Å². The van der Waals surface area contributed by atoms with Crippen LogP contribution < -0.4 is 0 Å². The van der Waals surface area contributed by atoms with E-state index in [1.807, 2.05) is 60.7 Å². The molecule has 0 aromatic heterocycles. The highest BCUT2D eigenvalue weighted by Gasteiger charge is 2.25. The lowest BCUT2D eigenvalue weighted by Gasteiger charge is -2.03. The first-order valence-electron chi connectivity index (χ1n) is 7.59. The molecule has 0 radical (unpaired) electrons. The molecule has 0 bridgehead atoms. The summed E-state index contributed by atoms with van der Waals surface area (Å²) in [6.45, 7) is 0. The molecule has 2 aliphatic carbocycles. The maximum Gasteiger partial charge on any atom is 0.150 e. The monoisotopic (exact) mass is 294 g/mol. The molecule has 0 N–H and O–H groups in total. The van der Waals surface area contributed by atoms with Crippen molar-refractivity contribution in [3.63, 3.8) is 0 Å². The summed E-state index contributed by atoms with van der Waals surface area (Å²) in [5, 5.41) is 0. The first-order valence-corrected chi connectivity index (χ1v) is 7.59. The predicted octanol–water partition coefficient (Wildman–Crippen LogP) is 5.12. The molecule has 0 unspecified atom stereocenters. The zero-order chi connectivity index (χ0) is 15.6. The summed E-state index contributed by atoms with van der Waals surface area (Å²) in [5.41, 5.74) is 10.6. The summed E-state index contributed by atoms with van der Waals surface area (Å²) >= 11 is 0. The molecule has 4 rings (SSSR count). The molecule has 0 saturated heterocycles. The molecule has 0 fully saturated rings. The van der Waals surface area contributed by atoms with Crippen LogP contribution in [-0.2, 0) is 0 Å². The van der Waals surface area contributed by atoms with E-state index in [2.05, 4.69) is 23.9 Å². The number of carbonyl (C=O) groups is 1. The summed E-state index contributed by atoms with van der Waals surface area (Å²) in [6.07, 6.45) is 12.9. The Morgan fingerprint density at radius 2 is 1.43 bits per heavy atom. The van der Waals surface area contributed by atoms with Crippen molar-refractivity contribution >= 4 is 11.9 Å². The van der Waals surface area contributed by atoms with Crippen molar-refractivity contribution in [2.45, 2.75) is 0 Å². The molecule has 2 aromatic carbocycles. The highest BCUT2D eigenvalue weighted by Crippen LogP contribution is 2.45. The minimum absolute atomic E-state index is 0.710. The van der Waals surface area contributed by atoms with Crippen LogP contribution in [0.3, 0.4) is 0 Å². The number of benzene rings is 2. The van der Waals surface area contributed by atoms with E-state index in [1.54, 1.807) is 0 Å². The van der Waals surface area contributed by atoms with Crippen LogP contribution in [0.15, 0.2) is 90.2 Å². The summed E-state index contributed by atoms with van der Waals surface area (Å²) < 4.78 is 0. The van der Waals surface area contributed by atoms with E-state index in [4.69, 9.17) is 0 Å². The van der Waals surface area contributed by atoms with Crippen LogP contribution in [0.1, 0.15) is 21.5 Å². The van der Waals surface area contributed by atoms with Gasteiger partial charge in [-0.25, -0.2) is 0 Å². The van der Waals surface area contributed by atoms with Gasteiger partial charge in [0.05, 0.1) is 0 Å². The highest BCUT2D eigenvalue weighted by molar-refractivity contribution is 6.05. The first kappa shape index (κ1) is 13.5. The number of allylic oxidation sites excluding steroid dienone is 7. The van der Waals surface area contributed by atoms with Gasteiger partial charge < -0.3 is 0 Å². The van der Waals surface area contributed by atoms with Crippen molar-refractivity contribution < 1.29 is 4.79 Å². The van der Waals surface area contributed by atoms with Gasteiger partial charge in [-0.2, -0.15) is 0 Å². The summed E-state index contributed by atoms with van der Waals surface area (Å²) in [7, 11) is 0. The van der Waals surface area contributed by atoms with Crippen LogP contribution in [0.4, 0.5) is 0 Å². The van der Waals surface area contributed by atoms with Crippen LogP contribution >= 0.6 is 0 Å². The maximum absolute atomic E-state index is 11.5. The predicted molar refractivity (Wildman–Crippen MR) is 94.2 cm³/mol. The van der Waals surface area contributed by atoms with Crippen LogP contribution in [-0.4, -0.2) is 6.29 Å². The summed E-state index contributed by atoms with van der Waals surface area (Å²) in [5.74, 6) is 0. The van der Waals surface area contributed by atoms with Gasteiger partial charge in [0.1, 0.15) is 0 Å². The summed E-state index contributed by atoms with van der Waals surface area (Å²) in [6, 6.07) is 14.1. The minimum Gasteiger partial charge on any atom is -0.298 e. The Hall–Kier alpha value is -3.15. The van der Waals surface area contributed by atoms with Crippen molar-refractivity contribution in [1.82, 2.24) is 0 Å². The van der Waals surface area contributed by atoms with Gasteiger partial charge in [0, 0.05) is 22.3 Å².